The Balaban J connectivity index is 1.06. The van der Waals surface area contributed by atoms with Gasteiger partial charge >= 0.3 is 11.9 Å². The molecule has 2 aromatic carbocycles. The maximum Gasteiger partial charge on any atom is 0.317 e. The van der Waals surface area contributed by atoms with Gasteiger partial charge in [-0.05, 0) is 89.1 Å². The summed E-state index contributed by atoms with van der Waals surface area (Å²) < 4.78 is 35.8. The van der Waals surface area contributed by atoms with Crippen LogP contribution < -0.4 is 26.0 Å². The number of nitrogens with zero attached hydrogens (tertiary/aromatic N) is 10. The normalized spacial score (nSPS) is 18.8. The molecular weight excluding hydrogens is 1240 g/mol. The van der Waals surface area contributed by atoms with Crippen molar-refractivity contribution in [3.05, 3.63) is 71.4 Å². The molecule has 0 aliphatic carbocycles. The lowest BCUT2D eigenvalue weighted by Crippen LogP contribution is -2.58. The van der Waals surface area contributed by atoms with Crippen LogP contribution >= 0.6 is 0 Å². The first-order valence-electron chi connectivity index (χ1n) is 32.1. The number of piperazine rings is 1. The van der Waals surface area contributed by atoms with Crippen molar-refractivity contribution in [2.45, 2.75) is 102 Å². The number of carboxylic acid groups (broad SMARTS) is 1. The number of aliphatic imine (C=N–C) groups is 1. The Morgan fingerprint density at radius 1 is 0.800 bits per heavy atom. The predicted octanol–water partition coefficient (Wildman–Crippen LogP) is 0.866. The summed E-state index contributed by atoms with van der Waals surface area (Å²) in [6.45, 7) is 9.18. The number of esters is 1. The number of aromatic nitrogens is 1. The highest BCUT2D eigenvalue weighted by atomic mass is 19.1. The van der Waals surface area contributed by atoms with E-state index in [1.165, 1.54) is 26.3 Å². The number of rotatable bonds is 33. The largest absolute Gasteiger partial charge is 0.494 e. The summed E-state index contributed by atoms with van der Waals surface area (Å²) in [6, 6.07) is 13.2. The van der Waals surface area contributed by atoms with E-state index in [1.807, 2.05) is 47.1 Å². The number of carbonyl (C=O) groups excluding carboxylic acids is 9. The molecule has 0 bridgehead atoms. The van der Waals surface area contributed by atoms with Crippen LogP contribution in [0.15, 0.2) is 59.7 Å². The van der Waals surface area contributed by atoms with Crippen LogP contribution in [0.1, 0.15) is 86.7 Å². The molecule has 4 atom stereocenters. The smallest absolute Gasteiger partial charge is 0.317 e. The zero-order chi connectivity index (χ0) is 68.7. The number of nitrogens with one attached hydrogen (secondary N) is 4. The van der Waals surface area contributed by atoms with Gasteiger partial charge in [-0.25, -0.2) is 4.39 Å². The molecular formula is C65H91FN14O15. The number of likely N-dealkylation sites (tertiary alicyclic amines) is 1. The van der Waals surface area contributed by atoms with Crippen molar-refractivity contribution >= 4 is 77.1 Å². The maximum atomic E-state index is 14.6. The number of pyridine rings is 1. The molecule has 95 heavy (non-hydrogen) atoms. The molecule has 3 aromatic rings. The average Bonchev–Trinajstić information content (AvgIpc) is 1.70. The van der Waals surface area contributed by atoms with E-state index in [2.05, 4.69) is 36.1 Å². The molecule has 3 fully saturated rings. The molecule has 6 amide bonds. The number of hydrogen-bond acceptors (Lipinski definition) is 22. The number of unbranched alkanes of at least 4 members (excludes halogenated alkanes) is 1. The van der Waals surface area contributed by atoms with Crippen molar-refractivity contribution < 1.29 is 76.4 Å². The molecule has 1 aromatic heterocycles. The molecule has 518 valence electrons. The lowest BCUT2D eigenvalue weighted by atomic mass is 10.1. The van der Waals surface area contributed by atoms with Gasteiger partial charge < -0.3 is 55.1 Å². The lowest BCUT2D eigenvalue weighted by molar-refractivity contribution is -0.147. The van der Waals surface area contributed by atoms with E-state index >= 15 is 0 Å². The highest BCUT2D eigenvalue weighted by Gasteiger charge is 2.43. The van der Waals surface area contributed by atoms with Gasteiger partial charge in [-0.2, -0.15) is 5.26 Å². The fourth-order valence-electron chi connectivity index (χ4n) is 11.3. The minimum absolute atomic E-state index is 0.0426. The van der Waals surface area contributed by atoms with Crippen molar-refractivity contribution in [2.75, 3.05) is 145 Å². The Morgan fingerprint density at radius 2 is 1.44 bits per heavy atom. The van der Waals surface area contributed by atoms with Crippen molar-refractivity contribution in [3.8, 4) is 11.8 Å². The second kappa shape index (κ2) is 39.2. The van der Waals surface area contributed by atoms with Gasteiger partial charge in [-0.3, -0.25) is 82.4 Å². The number of aryl methyl sites for hydroxylation is 2. The topological polar surface area (TPSA) is 348 Å². The number of halogens is 1. The molecule has 3 aliphatic rings. The number of methoxy groups -OCH3 is 1. The van der Waals surface area contributed by atoms with Crippen LogP contribution in [0.2, 0.25) is 0 Å². The van der Waals surface area contributed by atoms with E-state index in [0.29, 0.717) is 113 Å². The highest BCUT2D eigenvalue weighted by Crippen LogP contribution is 2.30. The zero-order valence-corrected chi connectivity index (χ0v) is 54.8. The van der Waals surface area contributed by atoms with Crippen molar-refractivity contribution in [3.63, 3.8) is 0 Å². The van der Waals surface area contributed by atoms with Crippen LogP contribution in [-0.2, 0) is 63.8 Å². The monoisotopic (exact) mass is 1330 g/mol. The van der Waals surface area contributed by atoms with Gasteiger partial charge in [-0.1, -0.05) is 29.8 Å². The van der Waals surface area contributed by atoms with Gasteiger partial charge in [0.15, 0.2) is 0 Å². The molecule has 0 spiro atoms. The van der Waals surface area contributed by atoms with E-state index in [-0.39, 0.29) is 110 Å². The van der Waals surface area contributed by atoms with E-state index in [0.717, 1.165) is 22.4 Å². The Labute approximate surface area is 552 Å². The van der Waals surface area contributed by atoms with E-state index in [4.69, 9.17) is 18.9 Å². The number of fused-ring (bicyclic) bond motifs is 1. The van der Waals surface area contributed by atoms with Gasteiger partial charge in [0, 0.05) is 116 Å². The summed E-state index contributed by atoms with van der Waals surface area (Å²) >= 11 is 0. The molecule has 0 saturated carbocycles. The Hall–Kier alpha value is -8.76. The molecule has 5 N–H and O–H groups in total. The standard InChI is InChI=1S/C65H91FN14O15/c1-47-12-14-49(15-13-47)9-7-11-57(83)71-48(2)68-19-6-5-10-55(72-58(84)40-75-22-23-76(41-60(86)87)25-27-78(44-94-46-82)29-28-77(26-24-75)43-93-45-81)63(90)73-56(36-61(88)92-4)64(91)79-32-30-74(31-33-79)21-8-34-95-51-16-17-54-53(35-51)52(18-20-69-54)62(89)70-39-59(85)80-42-65(3,66)37-50(80)38-67/h12-18,20,35,45-46,50,55-56H,5-11,19,21-34,36-37,39-44H2,1-4H3,(H,70,89)(H,72,84)(H,73,90)(H,86,87)(H,68,71,83)/t50-,55+,56+,65?/m1/s1. The van der Waals surface area contributed by atoms with E-state index < -0.39 is 78.2 Å². The molecule has 4 heterocycles. The molecule has 6 rings (SSSR count). The molecule has 30 heteroatoms. The summed E-state index contributed by atoms with van der Waals surface area (Å²) in [6.07, 6.45) is 4.02. The summed E-state index contributed by atoms with van der Waals surface area (Å²) in [5.74, 6) is -4.05. The molecule has 29 nitrogen and oxygen atoms in total. The number of amidine groups is 1. The summed E-state index contributed by atoms with van der Waals surface area (Å²) in [5, 5.41) is 30.8. The number of carbonyl (C=O) groups is 10. The summed E-state index contributed by atoms with van der Waals surface area (Å²) in [4.78, 5) is 150. The van der Waals surface area contributed by atoms with E-state index in [1.54, 1.807) is 39.8 Å². The first kappa shape index (κ1) is 75.3. The zero-order valence-electron chi connectivity index (χ0n) is 54.8. The second-order valence-electron chi connectivity index (χ2n) is 24.2. The number of benzene rings is 2. The Morgan fingerprint density at radius 3 is 2.07 bits per heavy atom. The van der Waals surface area contributed by atoms with Crippen molar-refractivity contribution in [1.29, 1.82) is 5.26 Å². The first-order chi connectivity index (χ1) is 45.6. The third-order valence-corrected chi connectivity index (χ3v) is 16.6. The van der Waals surface area contributed by atoms with Crippen molar-refractivity contribution in [1.82, 2.24) is 60.6 Å². The lowest BCUT2D eigenvalue weighted by Gasteiger charge is -2.36. The molecule has 0 radical (unpaired) electrons. The average molecular weight is 1330 g/mol. The Bertz CT molecular complexity index is 3140. The van der Waals surface area contributed by atoms with E-state index in [9.17, 15) is 62.7 Å². The van der Waals surface area contributed by atoms with Crippen LogP contribution in [0.5, 0.6) is 5.75 Å². The minimum Gasteiger partial charge on any atom is -0.494 e. The SMILES string of the molecule is COC(=O)C[C@H](NC(=O)[C@H](CCCCN=C(C)NC(=O)CCCc1ccc(C)cc1)NC(=O)CN1CCN(COC=O)CCN(COC=O)CCN(CC(=O)O)CC1)C(=O)N1CCN(CCCOc2ccc3nccc(C(=O)NCC(=O)N4CC(C)(F)C[C@@H]4C#N)c3c2)CC1. The molecule has 1 unspecified atom stereocenters. The minimum atomic E-state index is -1.71. The summed E-state index contributed by atoms with van der Waals surface area (Å²) in [7, 11) is 1.17. The van der Waals surface area contributed by atoms with Crippen molar-refractivity contribution in [2.24, 2.45) is 4.99 Å². The first-order valence-corrected chi connectivity index (χ1v) is 32.1. The number of amides is 6. The van der Waals surface area contributed by atoms with Gasteiger partial charge in [0.05, 0.1) is 69.3 Å². The third-order valence-electron chi connectivity index (χ3n) is 16.6. The summed E-state index contributed by atoms with van der Waals surface area (Å²) in [5.41, 5.74) is 1.34. The predicted molar refractivity (Wildman–Crippen MR) is 345 cm³/mol. The van der Waals surface area contributed by atoms with Gasteiger partial charge in [0.1, 0.15) is 43.0 Å². The fourth-order valence-corrected chi connectivity index (χ4v) is 11.3. The number of aliphatic carboxylic acids is 1. The number of hydrogen-bond donors (Lipinski definition) is 5. The van der Waals surface area contributed by atoms with Crippen LogP contribution in [0.3, 0.4) is 0 Å². The second-order valence-corrected chi connectivity index (χ2v) is 24.2. The molecule has 3 aliphatic heterocycles. The van der Waals surface area contributed by atoms with Crippen LogP contribution in [0, 0.1) is 18.3 Å². The number of carboxylic acids is 1. The fraction of sp³-hybridized carbons (Fsp3) is 0.585. The van der Waals surface area contributed by atoms with Crippen LogP contribution in [-0.4, -0.2) is 279 Å². The van der Waals surface area contributed by atoms with Gasteiger partial charge in [0.2, 0.25) is 29.5 Å². The number of nitriles is 1. The maximum absolute atomic E-state index is 14.6. The molecule has 3 saturated heterocycles. The van der Waals surface area contributed by atoms with Gasteiger partial charge in [0.25, 0.3) is 18.9 Å². The van der Waals surface area contributed by atoms with Crippen LogP contribution in [0.4, 0.5) is 4.39 Å². The third kappa shape index (κ3) is 26.2. The van der Waals surface area contributed by atoms with Crippen LogP contribution in [0.25, 0.3) is 10.9 Å². The number of alkyl halides is 1. The number of ether oxygens (including phenoxy) is 4. The van der Waals surface area contributed by atoms with Gasteiger partial charge in [-0.15, -0.1) is 0 Å². The Kier molecular flexibility index (Phi) is 31.0. The quantitative estimate of drug-likeness (QED) is 0.0141. The highest BCUT2D eigenvalue weighted by molar-refractivity contribution is 6.07.